The number of carbonyl (C=O) groups is 1. The van der Waals surface area contributed by atoms with E-state index in [1.165, 1.54) is 24.3 Å². The van der Waals surface area contributed by atoms with Crippen LogP contribution in [-0.4, -0.2) is 26.2 Å². The second-order valence-corrected chi connectivity index (χ2v) is 6.31. The smallest absolute Gasteiger partial charge is 0.339 e. The molecule has 0 aliphatic rings. The summed E-state index contributed by atoms with van der Waals surface area (Å²) >= 11 is 0.253. The van der Waals surface area contributed by atoms with Crippen molar-refractivity contribution in [2.75, 3.05) is 5.32 Å². The minimum Gasteiger partial charge on any atom is -0.339 e. The van der Waals surface area contributed by atoms with Gasteiger partial charge < -0.3 is 9.84 Å². The molecular formula is C15H11F4N5O2S. The SMILES string of the molecule is O=C(CCCc1nc(-c2ccc(F)cc2)no1)Nc1nnc(C(F)(F)F)s1. The highest BCUT2D eigenvalue weighted by atomic mass is 32.1. The average Bonchev–Trinajstić information content (AvgIpc) is 3.25. The molecule has 0 radical (unpaired) electrons. The summed E-state index contributed by atoms with van der Waals surface area (Å²) in [5.74, 6) is -0.301. The Balaban J connectivity index is 1.48. The van der Waals surface area contributed by atoms with Crippen molar-refractivity contribution in [2.45, 2.75) is 25.4 Å². The normalized spacial score (nSPS) is 11.6. The van der Waals surface area contributed by atoms with Gasteiger partial charge in [-0.1, -0.05) is 16.5 Å². The Morgan fingerprint density at radius 3 is 2.59 bits per heavy atom. The molecule has 1 N–H and O–H groups in total. The van der Waals surface area contributed by atoms with Crippen molar-refractivity contribution < 1.29 is 26.9 Å². The molecule has 3 aromatic rings. The van der Waals surface area contributed by atoms with Crippen molar-refractivity contribution in [2.24, 2.45) is 0 Å². The molecule has 0 atom stereocenters. The van der Waals surface area contributed by atoms with E-state index in [9.17, 15) is 22.4 Å². The number of alkyl halides is 3. The Kier molecular flexibility index (Phi) is 5.44. The highest BCUT2D eigenvalue weighted by Crippen LogP contribution is 2.33. The van der Waals surface area contributed by atoms with E-state index >= 15 is 0 Å². The van der Waals surface area contributed by atoms with Crippen LogP contribution in [0.4, 0.5) is 22.7 Å². The molecule has 0 unspecified atom stereocenters. The zero-order valence-corrected chi connectivity index (χ0v) is 14.3. The maximum absolute atomic E-state index is 12.9. The van der Waals surface area contributed by atoms with Gasteiger partial charge in [0.15, 0.2) is 0 Å². The van der Waals surface area contributed by atoms with Crippen molar-refractivity contribution in [1.29, 1.82) is 0 Å². The van der Waals surface area contributed by atoms with Crippen LogP contribution in [0.3, 0.4) is 0 Å². The zero-order valence-electron chi connectivity index (χ0n) is 13.5. The van der Waals surface area contributed by atoms with E-state index in [0.717, 1.165) is 0 Å². The first-order valence-corrected chi connectivity index (χ1v) is 8.42. The van der Waals surface area contributed by atoms with Gasteiger partial charge in [-0.25, -0.2) is 4.39 Å². The summed E-state index contributed by atoms with van der Waals surface area (Å²) in [6, 6.07) is 5.56. The Bertz CT molecular complexity index is 923. The van der Waals surface area contributed by atoms with E-state index in [2.05, 4.69) is 25.7 Å². The van der Waals surface area contributed by atoms with Crippen LogP contribution in [0, 0.1) is 5.82 Å². The Morgan fingerprint density at radius 1 is 1.19 bits per heavy atom. The molecule has 2 heterocycles. The van der Waals surface area contributed by atoms with Gasteiger partial charge in [-0.15, -0.1) is 10.2 Å². The number of hydrogen-bond donors (Lipinski definition) is 1. The maximum atomic E-state index is 12.9. The summed E-state index contributed by atoms with van der Waals surface area (Å²) in [5.41, 5.74) is 0.584. The molecule has 0 saturated carbocycles. The van der Waals surface area contributed by atoms with Crippen molar-refractivity contribution in [3.05, 3.63) is 41.0 Å². The second kappa shape index (κ2) is 7.78. The lowest BCUT2D eigenvalue weighted by atomic mass is 10.2. The number of aryl methyl sites for hydroxylation is 1. The predicted molar refractivity (Wildman–Crippen MR) is 86.2 cm³/mol. The first kappa shape index (κ1) is 18.9. The third kappa shape index (κ3) is 5.06. The number of hydrogen-bond acceptors (Lipinski definition) is 7. The highest BCUT2D eigenvalue weighted by molar-refractivity contribution is 7.15. The number of benzene rings is 1. The number of anilines is 1. The fourth-order valence-electron chi connectivity index (χ4n) is 2.04. The van der Waals surface area contributed by atoms with Gasteiger partial charge in [0.2, 0.25) is 27.8 Å². The van der Waals surface area contributed by atoms with Gasteiger partial charge in [0.1, 0.15) is 5.82 Å². The highest BCUT2D eigenvalue weighted by Gasteiger charge is 2.35. The van der Waals surface area contributed by atoms with Crippen LogP contribution >= 0.6 is 11.3 Å². The van der Waals surface area contributed by atoms with Crippen LogP contribution < -0.4 is 5.32 Å². The molecule has 0 spiro atoms. The predicted octanol–water partition coefficient (Wildman–Crippen LogP) is 3.71. The summed E-state index contributed by atoms with van der Waals surface area (Å²) < 4.78 is 55.2. The third-order valence-corrected chi connectivity index (χ3v) is 4.16. The third-order valence-electron chi connectivity index (χ3n) is 3.28. The fourth-order valence-corrected chi connectivity index (χ4v) is 2.67. The summed E-state index contributed by atoms with van der Waals surface area (Å²) in [7, 11) is 0. The van der Waals surface area contributed by atoms with Crippen LogP contribution in [0.15, 0.2) is 28.8 Å². The minimum absolute atomic E-state index is 0.0230. The standard InChI is InChI=1S/C15H11F4N5O2S/c16-9-6-4-8(5-7-9)12-21-11(26-24-12)3-1-2-10(25)20-14-23-22-13(27-14)15(17,18)19/h4-7H,1-3H2,(H,20,23,25). The van der Waals surface area contributed by atoms with E-state index in [0.29, 0.717) is 24.2 Å². The zero-order chi connectivity index (χ0) is 19.4. The van der Waals surface area contributed by atoms with Crippen LogP contribution in [0.2, 0.25) is 0 Å². The summed E-state index contributed by atoms with van der Waals surface area (Å²) in [5, 5.41) is 10.9. The molecule has 0 saturated heterocycles. The van der Waals surface area contributed by atoms with Gasteiger partial charge in [0.25, 0.3) is 0 Å². The fraction of sp³-hybridized carbons (Fsp3) is 0.267. The van der Waals surface area contributed by atoms with Crippen LogP contribution in [-0.2, 0) is 17.4 Å². The first-order chi connectivity index (χ1) is 12.8. The monoisotopic (exact) mass is 401 g/mol. The topological polar surface area (TPSA) is 93.8 Å². The van der Waals surface area contributed by atoms with Crippen LogP contribution in [0.5, 0.6) is 0 Å². The van der Waals surface area contributed by atoms with Gasteiger partial charge in [-0.3, -0.25) is 4.79 Å². The van der Waals surface area contributed by atoms with Crippen LogP contribution in [0.1, 0.15) is 23.7 Å². The summed E-state index contributed by atoms with van der Waals surface area (Å²) in [4.78, 5) is 15.9. The summed E-state index contributed by atoms with van der Waals surface area (Å²) in [6.45, 7) is 0. The molecule has 142 valence electrons. The number of nitrogens with zero attached hydrogens (tertiary/aromatic N) is 4. The number of aromatic nitrogens is 4. The van der Waals surface area contributed by atoms with Crippen LogP contribution in [0.25, 0.3) is 11.4 Å². The van der Waals surface area contributed by atoms with Gasteiger partial charge in [0.05, 0.1) is 0 Å². The van der Waals surface area contributed by atoms with Gasteiger partial charge in [-0.2, -0.15) is 18.2 Å². The number of rotatable bonds is 6. The average molecular weight is 401 g/mol. The van der Waals surface area contributed by atoms with E-state index in [4.69, 9.17) is 4.52 Å². The molecule has 7 nitrogen and oxygen atoms in total. The van der Waals surface area contributed by atoms with E-state index in [-0.39, 0.29) is 34.6 Å². The molecule has 27 heavy (non-hydrogen) atoms. The quantitative estimate of drug-likeness (QED) is 0.633. The van der Waals surface area contributed by atoms with Crippen molar-refractivity contribution in [1.82, 2.24) is 20.3 Å². The van der Waals surface area contributed by atoms with Crippen molar-refractivity contribution in [3.63, 3.8) is 0 Å². The molecule has 0 aliphatic carbocycles. The largest absolute Gasteiger partial charge is 0.445 e. The first-order valence-electron chi connectivity index (χ1n) is 7.60. The molecule has 0 bridgehead atoms. The molecular weight excluding hydrogens is 390 g/mol. The lowest BCUT2D eigenvalue weighted by Gasteiger charge is -2.00. The molecule has 3 rings (SSSR count). The molecule has 0 fully saturated rings. The van der Waals surface area contributed by atoms with Crippen molar-refractivity contribution >= 4 is 22.4 Å². The van der Waals surface area contributed by atoms with E-state index < -0.39 is 17.1 Å². The van der Waals surface area contributed by atoms with Crippen molar-refractivity contribution in [3.8, 4) is 11.4 Å². The van der Waals surface area contributed by atoms with E-state index in [1.807, 2.05) is 0 Å². The molecule has 12 heteroatoms. The van der Waals surface area contributed by atoms with Gasteiger partial charge in [-0.05, 0) is 30.7 Å². The molecule has 1 amide bonds. The molecule has 2 aromatic heterocycles. The maximum Gasteiger partial charge on any atom is 0.445 e. The van der Waals surface area contributed by atoms with Gasteiger partial charge in [0, 0.05) is 18.4 Å². The minimum atomic E-state index is -4.60. The number of amides is 1. The molecule has 1 aromatic carbocycles. The number of carbonyl (C=O) groups excluding carboxylic acids is 1. The number of nitrogens with one attached hydrogen (secondary N) is 1. The Hall–Kier alpha value is -2.89. The second-order valence-electron chi connectivity index (χ2n) is 5.33. The van der Waals surface area contributed by atoms with Gasteiger partial charge >= 0.3 is 6.18 Å². The Labute approximate surface area is 153 Å². The summed E-state index contributed by atoms with van der Waals surface area (Å²) in [6.07, 6.45) is -3.94. The van der Waals surface area contributed by atoms with E-state index in [1.54, 1.807) is 0 Å². The lowest BCUT2D eigenvalue weighted by molar-refractivity contribution is -0.138. The lowest BCUT2D eigenvalue weighted by Crippen LogP contribution is -2.11. The molecule has 0 aliphatic heterocycles. The number of halogens is 4. The Morgan fingerprint density at radius 2 is 1.93 bits per heavy atom.